The third kappa shape index (κ3) is 3.15. The van der Waals surface area contributed by atoms with Crippen LogP contribution in [0.15, 0.2) is 42.5 Å². The molecule has 2 amide bonds. The number of anilines is 2. The standard InChI is InChI=1S/C19H19ClN2O2/c1-12-6-5-8-16(13(12)2)21-19(24)14-10-18(23)22(11-14)17-9-4-3-7-15(17)20/h3-9,14H,10-11H2,1-2H3,(H,21,24)/t14-/m0/s1. The lowest BCUT2D eigenvalue weighted by atomic mass is 10.1. The maximum Gasteiger partial charge on any atom is 0.229 e. The lowest BCUT2D eigenvalue weighted by Crippen LogP contribution is -2.28. The number of halogens is 1. The number of rotatable bonds is 3. The Morgan fingerprint density at radius 2 is 1.92 bits per heavy atom. The lowest BCUT2D eigenvalue weighted by Gasteiger charge is -2.18. The Kier molecular flexibility index (Phi) is 4.58. The molecule has 1 heterocycles. The summed E-state index contributed by atoms with van der Waals surface area (Å²) in [5.41, 5.74) is 3.61. The van der Waals surface area contributed by atoms with E-state index in [2.05, 4.69) is 5.32 Å². The molecule has 0 radical (unpaired) electrons. The van der Waals surface area contributed by atoms with Crippen LogP contribution in [0.5, 0.6) is 0 Å². The third-order valence-corrected chi connectivity index (χ3v) is 4.82. The van der Waals surface area contributed by atoms with Crippen LogP contribution < -0.4 is 10.2 Å². The number of amides is 2. The zero-order chi connectivity index (χ0) is 17.3. The first-order valence-corrected chi connectivity index (χ1v) is 8.27. The normalized spacial score (nSPS) is 17.2. The first-order chi connectivity index (χ1) is 11.5. The fourth-order valence-corrected chi connectivity index (χ4v) is 3.15. The summed E-state index contributed by atoms with van der Waals surface area (Å²) in [4.78, 5) is 26.5. The first-order valence-electron chi connectivity index (χ1n) is 7.89. The number of nitrogens with one attached hydrogen (secondary N) is 1. The highest BCUT2D eigenvalue weighted by Gasteiger charge is 2.36. The van der Waals surface area contributed by atoms with Crippen molar-refractivity contribution in [2.45, 2.75) is 20.3 Å². The minimum absolute atomic E-state index is 0.0794. The van der Waals surface area contributed by atoms with Gasteiger partial charge < -0.3 is 10.2 Å². The Labute approximate surface area is 146 Å². The molecular formula is C19H19ClN2O2. The number of carbonyl (C=O) groups excluding carboxylic acids is 2. The van der Waals surface area contributed by atoms with Gasteiger partial charge in [0.05, 0.1) is 16.6 Å². The summed E-state index contributed by atoms with van der Waals surface area (Å²) >= 11 is 6.17. The van der Waals surface area contributed by atoms with Crippen LogP contribution in [0.4, 0.5) is 11.4 Å². The van der Waals surface area contributed by atoms with Crippen LogP contribution in [0.2, 0.25) is 5.02 Å². The van der Waals surface area contributed by atoms with Crippen LogP contribution in [0.1, 0.15) is 17.5 Å². The van der Waals surface area contributed by atoms with Crippen LogP contribution >= 0.6 is 11.6 Å². The van der Waals surface area contributed by atoms with Crippen molar-refractivity contribution in [3.63, 3.8) is 0 Å². The molecule has 3 rings (SSSR count). The van der Waals surface area contributed by atoms with Crippen molar-refractivity contribution in [1.82, 2.24) is 0 Å². The van der Waals surface area contributed by atoms with Gasteiger partial charge in [0.2, 0.25) is 11.8 Å². The zero-order valence-electron chi connectivity index (χ0n) is 13.7. The van der Waals surface area contributed by atoms with Crippen LogP contribution in [0.3, 0.4) is 0 Å². The number of aryl methyl sites for hydroxylation is 1. The van der Waals surface area contributed by atoms with Crippen molar-refractivity contribution >= 4 is 34.8 Å². The molecule has 24 heavy (non-hydrogen) atoms. The second-order valence-electron chi connectivity index (χ2n) is 6.09. The number of nitrogens with zero attached hydrogens (tertiary/aromatic N) is 1. The largest absolute Gasteiger partial charge is 0.326 e. The molecule has 0 unspecified atom stereocenters. The van der Waals surface area contributed by atoms with Crippen LogP contribution in [-0.4, -0.2) is 18.4 Å². The molecule has 1 aliphatic rings. The first kappa shape index (κ1) is 16.5. The van der Waals surface area contributed by atoms with Gasteiger partial charge >= 0.3 is 0 Å². The molecule has 2 aromatic carbocycles. The summed E-state index contributed by atoms with van der Waals surface area (Å²) in [6.45, 7) is 4.32. The summed E-state index contributed by atoms with van der Waals surface area (Å²) in [5, 5.41) is 3.46. The monoisotopic (exact) mass is 342 g/mol. The number of hydrogen-bond donors (Lipinski definition) is 1. The molecule has 4 nitrogen and oxygen atoms in total. The van der Waals surface area contributed by atoms with Gasteiger partial charge in [-0.15, -0.1) is 0 Å². The number of para-hydroxylation sites is 1. The molecule has 1 N–H and O–H groups in total. The van der Waals surface area contributed by atoms with Gasteiger partial charge in [-0.2, -0.15) is 0 Å². The quantitative estimate of drug-likeness (QED) is 0.918. The second-order valence-corrected chi connectivity index (χ2v) is 6.50. The number of benzene rings is 2. The van der Waals surface area contributed by atoms with E-state index >= 15 is 0 Å². The van der Waals surface area contributed by atoms with Gasteiger partial charge in [-0.25, -0.2) is 0 Å². The fourth-order valence-electron chi connectivity index (χ4n) is 2.91. The average molecular weight is 343 g/mol. The van der Waals surface area contributed by atoms with Crippen LogP contribution in [-0.2, 0) is 9.59 Å². The SMILES string of the molecule is Cc1cccc(NC(=O)[C@H]2CC(=O)N(c3ccccc3Cl)C2)c1C. The Morgan fingerprint density at radius 1 is 1.17 bits per heavy atom. The number of hydrogen-bond acceptors (Lipinski definition) is 2. The van der Waals surface area contributed by atoms with E-state index in [0.29, 0.717) is 17.3 Å². The molecule has 2 aromatic rings. The van der Waals surface area contributed by atoms with Gasteiger partial charge in [0, 0.05) is 18.7 Å². The second kappa shape index (κ2) is 6.65. The maximum atomic E-state index is 12.6. The minimum Gasteiger partial charge on any atom is -0.326 e. The van der Waals surface area contributed by atoms with Gasteiger partial charge in [0.15, 0.2) is 0 Å². The van der Waals surface area contributed by atoms with E-state index in [-0.39, 0.29) is 24.2 Å². The molecule has 1 aliphatic heterocycles. The van der Waals surface area contributed by atoms with Crippen LogP contribution in [0.25, 0.3) is 0 Å². The molecule has 0 saturated carbocycles. The third-order valence-electron chi connectivity index (χ3n) is 4.50. The van der Waals surface area contributed by atoms with E-state index in [0.717, 1.165) is 16.8 Å². The van der Waals surface area contributed by atoms with E-state index in [1.807, 2.05) is 44.2 Å². The van der Waals surface area contributed by atoms with E-state index in [4.69, 9.17) is 11.6 Å². The van der Waals surface area contributed by atoms with E-state index in [1.165, 1.54) is 0 Å². The summed E-state index contributed by atoms with van der Waals surface area (Å²) < 4.78 is 0. The smallest absolute Gasteiger partial charge is 0.229 e. The zero-order valence-corrected chi connectivity index (χ0v) is 14.4. The van der Waals surface area contributed by atoms with Crippen molar-refractivity contribution in [2.24, 2.45) is 5.92 Å². The molecule has 1 saturated heterocycles. The molecule has 124 valence electrons. The Bertz CT molecular complexity index is 804. The number of carbonyl (C=O) groups is 2. The predicted molar refractivity (Wildman–Crippen MR) is 96.5 cm³/mol. The summed E-state index contributed by atoms with van der Waals surface area (Å²) in [5.74, 6) is -0.593. The maximum absolute atomic E-state index is 12.6. The summed E-state index contributed by atoms with van der Waals surface area (Å²) in [7, 11) is 0. The molecule has 1 atom stereocenters. The lowest BCUT2D eigenvalue weighted by molar-refractivity contribution is -0.122. The Balaban J connectivity index is 1.75. The molecule has 5 heteroatoms. The van der Waals surface area contributed by atoms with Crippen molar-refractivity contribution < 1.29 is 9.59 Å². The van der Waals surface area contributed by atoms with Crippen molar-refractivity contribution in [1.29, 1.82) is 0 Å². The predicted octanol–water partition coefficient (Wildman–Crippen LogP) is 3.95. The molecule has 0 aromatic heterocycles. The minimum atomic E-state index is -0.381. The highest BCUT2D eigenvalue weighted by atomic mass is 35.5. The van der Waals surface area contributed by atoms with Crippen molar-refractivity contribution in [2.75, 3.05) is 16.8 Å². The highest BCUT2D eigenvalue weighted by molar-refractivity contribution is 6.33. The van der Waals surface area contributed by atoms with E-state index in [9.17, 15) is 9.59 Å². The molecule has 0 aliphatic carbocycles. The van der Waals surface area contributed by atoms with Crippen LogP contribution in [0, 0.1) is 19.8 Å². The average Bonchev–Trinajstić information content (AvgIpc) is 2.94. The highest BCUT2D eigenvalue weighted by Crippen LogP contribution is 2.31. The molecule has 1 fully saturated rings. The molecule has 0 spiro atoms. The van der Waals surface area contributed by atoms with E-state index in [1.54, 1.807) is 17.0 Å². The van der Waals surface area contributed by atoms with E-state index < -0.39 is 0 Å². The van der Waals surface area contributed by atoms with Gasteiger partial charge in [-0.3, -0.25) is 9.59 Å². The summed E-state index contributed by atoms with van der Waals surface area (Å²) in [6.07, 6.45) is 0.196. The molecule has 0 bridgehead atoms. The fraction of sp³-hybridized carbons (Fsp3) is 0.263. The van der Waals surface area contributed by atoms with Gasteiger partial charge in [-0.05, 0) is 43.2 Å². The molecular weight excluding hydrogens is 324 g/mol. The Hall–Kier alpha value is -2.33. The van der Waals surface area contributed by atoms with Crippen molar-refractivity contribution in [3.8, 4) is 0 Å². The summed E-state index contributed by atoms with van der Waals surface area (Å²) in [6, 6.07) is 13.0. The van der Waals surface area contributed by atoms with Crippen molar-refractivity contribution in [3.05, 3.63) is 58.6 Å². The van der Waals surface area contributed by atoms with Gasteiger partial charge in [0.25, 0.3) is 0 Å². The van der Waals surface area contributed by atoms with Gasteiger partial charge in [-0.1, -0.05) is 35.9 Å². The topological polar surface area (TPSA) is 49.4 Å². The van der Waals surface area contributed by atoms with Gasteiger partial charge in [0.1, 0.15) is 0 Å². The Morgan fingerprint density at radius 3 is 2.67 bits per heavy atom.